The van der Waals surface area contributed by atoms with E-state index >= 15 is 0 Å². The van der Waals surface area contributed by atoms with Gasteiger partial charge in [0.05, 0.1) is 0 Å². The second-order valence-electron chi connectivity index (χ2n) is 11.1. The minimum atomic E-state index is 0.209. The fourth-order valence-electron chi connectivity index (χ4n) is 5.96. The molecule has 0 radical (unpaired) electrons. The van der Waals surface area contributed by atoms with Gasteiger partial charge in [-0.1, -0.05) is 99.6 Å². The summed E-state index contributed by atoms with van der Waals surface area (Å²) in [5, 5.41) is 11.3. The summed E-state index contributed by atoms with van der Waals surface area (Å²) in [6, 6.07) is 30.2. The molecule has 3 unspecified atom stereocenters. The lowest BCUT2D eigenvalue weighted by Crippen LogP contribution is -2.14. The van der Waals surface area contributed by atoms with Crippen molar-refractivity contribution in [2.24, 2.45) is 0 Å². The highest BCUT2D eigenvalue weighted by atomic mass is 16.3. The summed E-state index contributed by atoms with van der Waals surface area (Å²) >= 11 is 0. The lowest BCUT2D eigenvalue weighted by atomic mass is 9.76. The first-order valence-electron chi connectivity index (χ1n) is 13.7. The predicted molar refractivity (Wildman–Crippen MR) is 158 cm³/mol. The van der Waals surface area contributed by atoms with Crippen LogP contribution in [0.5, 0.6) is 5.75 Å². The molecule has 0 amide bonds. The molecule has 1 nitrogen and oxygen atoms in total. The third kappa shape index (κ3) is 6.16. The molecule has 4 aromatic carbocycles. The van der Waals surface area contributed by atoms with Crippen molar-refractivity contribution in [3.8, 4) is 5.75 Å². The summed E-state index contributed by atoms with van der Waals surface area (Å²) in [7, 11) is 0. The van der Waals surface area contributed by atoms with Crippen molar-refractivity contribution in [3.05, 3.63) is 135 Å². The normalized spacial score (nSPS) is 13.8. The number of hydrogen-bond donors (Lipinski definition) is 1. The topological polar surface area (TPSA) is 20.2 Å². The Bertz CT molecular complexity index is 1350. The summed E-state index contributed by atoms with van der Waals surface area (Å²) in [6.45, 7) is 13.6. The zero-order chi connectivity index (χ0) is 26.5. The van der Waals surface area contributed by atoms with Crippen LogP contribution in [-0.2, 0) is 19.3 Å². The van der Waals surface area contributed by atoms with E-state index in [-0.39, 0.29) is 11.8 Å². The summed E-state index contributed by atoms with van der Waals surface area (Å²) < 4.78 is 0. The van der Waals surface area contributed by atoms with Gasteiger partial charge in [0.1, 0.15) is 5.75 Å². The molecule has 0 aliphatic rings. The molecule has 0 aliphatic carbocycles. The minimum Gasteiger partial charge on any atom is -0.508 e. The van der Waals surface area contributed by atoms with Gasteiger partial charge in [-0.2, -0.15) is 0 Å². The fourth-order valence-corrected chi connectivity index (χ4v) is 5.96. The molecule has 0 spiro atoms. The highest BCUT2D eigenvalue weighted by Gasteiger charge is 2.26. The Balaban J connectivity index is 1.79. The monoisotopic (exact) mass is 490 g/mol. The molecule has 1 heteroatoms. The van der Waals surface area contributed by atoms with Gasteiger partial charge in [0.2, 0.25) is 0 Å². The maximum absolute atomic E-state index is 11.3. The largest absolute Gasteiger partial charge is 0.508 e. The number of benzene rings is 4. The van der Waals surface area contributed by atoms with Gasteiger partial charge in [0.15, 0.2) is 0 Å². The molecule has 0 bridgehead atoms. The van der Waals surface area contributed by atoms with Gasteiger partial charge in [-0.25, -0.2) is 0 Å². The van der Waals surface area contributed by atoms with Crippen LogP contribution in [0.3, 0.4) is 0 Å². The highest BCUT2D eigenvalue weighted by Crippen LogP contribution is 2.42. The maximum atomic E-state index is 11.3. The van der Waals surface area contributed by atoms with Gasteiger partial charge in [0.25, 0.3) is 0 Å². The van der Waals surface area contributed by atoms with Crippen molar-refractivity contribution in [3.63, 3.8) is 0 Å². The molecule has 0 aromatic heterocycles. The third-order valence-electron chi connectivity index (χ3n) is 8.18. The molecule has 0 heterocycles. The van der Waals surface area contributed by atoms with Crippen LogP contribution < -0.4 is 0 Å². The summed E-state index contributed by atoms with van der Waals surface area (Å²) in [5.74, 6) is 1.28. The van der Waals surface area contributed by atoms with Crippen LogP contribution in [0.25, 0.3) is 0 Å². The number of phenolic OH excluding ortho intramolecular Hbond substituents is 1. The van der Waals surface area contributed by atoms with Gasteiger partial charge in [0, 0.05) is 5.56 Å². The smallest absolute Gasteiger partial charge is 0.119 e. The molecule has 0 saturated carbocycles. The number of hydrogen-bond acceptors (Lipinski definition) is 1. The van der Waals surface area contributed by atoms with Gasteiger partial charge in [-0.15, -0.1) is 0 Å². The fraction of sp³-hybridized carbons (Fsp3) is 0.333. The number of phenols is 1. The van der Waals surface area contributed by atoms with Crippen molar-refractivity contribution in [2.45, 2.75) is 78.6 Å². The van der Waals surface area contributed by atoms with Gasteiger partial charge in [-0.3, -0.25) is 0 Å². The Labute approximate surface area is 224 Å². The van der Waals surface area contributed by atoms with Crippen LogP contribution >= 0.6 is 0 Å². The van der Waals surface area contributed by atoms with E-state index in [1.807, 2.05) is 6.07 Å². The quantitative estimate of drug-likeness (QED) is 0.248. The average Bonchev–Trinajstić information content (AvgIpc) is 2.87. The standard InChI is InChI=1S/C36H42O/c1-24-13-7-10-16-30(24)21-27(4)33-19-20-34(37)36(29(6)23-32-18-12-9-15-26(32)3)35(33)28(5)22-31-17-11-8-14-25(31)2/h7-20,27-29,37H,21-23H2,1-6H3. The predicted octanol–water partition coefficient (Wildman–Crippen LogP) is 9.36. The molecule has 1 N–H and O–H groups in total. The molecule has 0 saturated heterocycles. The van der Waals surface area contributed by atoms with Crippen LogP contribution in [0.2, 0.25) is 0 Å². The SMILES string of the molecule is Cc1ccccc1CC(C)c1ccc(O)c(C(C)Cc2ccccc2C)c1C(C)Cc1ccccc1C. The molecule has 192 valence electrons. The van der Waals surface area contributed by atoms with Crippen molar-refractivity contribution in [1.82, 2.24) is 0 Å². The van der Waals surface area contributed by atoms with Gasteiger partial charge < -0.3 is 5.11 Å². The average molecular weight is 491 g/mol. The van der Waals surface area contributed by atoms with E-state index in [1.165, 1.54) is 44.5 Å². The third-order valence-corrected chi connectivity index (χ3v) is 8.18. The number of rotatable bonds is 9. The zero-order valence-electron chi connectivity index (χ0n) is 23.4. The highest BCUT2D eigenvalue weighted by molar-refractivity contribution is 5.51. The lowest BCUT2D eigenvalue weighted by Gasteiger charge is -2.28. The van der Waals surface area contributed by atoms with E-state index in [4.69, 9.17) is 0 Å². The second-order valence-corrected chi connectivity index (χ2v) is 11.1. The zero-order valence-corrected chi connectivity index (χ0v) is 23.4. The Hall–Kier alpha value is -3.32. The van der Waals surface area contributed by atoms with Crippen LogP contribution in [0, 0.1) is 20.8 Å². The van der Waals surface area contributed by atoms with Crippen LogP contribution in [0.15, 0.2) is 84.9 Å². The first-order valence-corrected chi connectivity index (χ1v) is 13.7. The van der Waals surface area contributed by atoms with E-state index in [9.17, 15) is 5.11 Å². The van der Waals surface area contributed by atoms with E-state index in [1.54, 1.807) is 0 Å². The first kappa shape index (κ1) is 26.7. The van der Waals surface area contributed by atoms with Crippen LogP contribution in [0.4, 0.5) is 0 Å². The summed E-state index contributed by atoms with van der Waals surface area (Å²) in [6.07, 6.45) is 2.87. The summed E-state index contributed by atoms with van der Waals surface area (Å²) in [4.78, 5) is 0. The minimum absolute atomic E-state index is 0.209. The summed E-state index contributed by atoms with van der Waals surface area (Å²) in [5.41, 5.74) is 12.0. The van der Waals surface area contributed by atoms with E-state index in [0.29, 0.717) is 11.7 Å². The van der Waals surface area contributed by atoms with Crippen molar-refractivity contribution in [2.75, 3.05) is 0 Å². The molecule has 4 rings (SSSR count). The second kappa shape index (κ2) is 11.8. The van der Waals surface area contributed by atoms with Gasteiger partial charge in [-0.05, 0) is 108 Å². The first-order chi connectivity index (χ1) is 17.8. The maximum Gasteiger partial charge on any atom is 0.119 e. The molecule has 0 fully saturated rings. The number of aryl methyl sites for hydroxylation is 3. The Morgan fingerprint density at radius 3 is 1.30 bits per heavy atom. The van der Waals surface area contributed by atoms with Crippen molar-refractivity contribution < 1.29 is 5.11 Å². The lowest BCUT2D eigenvalue weighted by molar-refractivity contribution is 0.458. The van der Waals surface area contributed by atoms with Crippen LogP contribution in [0.1, 0.15) is 88.6 Å². The molecule has 4 aromatic rings. The van der Waals surface area contributed by atoms with Crippen LogP contribution in [-0.4, -0.2) is 5.11 Å². The van der Waals surface area contributed by atoms with Gasteiger partial charge >= 0.3 is 0 Å². The molecular weight excluding hydrogens is 448 g/mol. The molecular formula is C36H42O. The van der Waals surface area contributed by atoms with E-state index in [0.717, 1.165) is 24.8 Å². The number of aromatic hydroxyl groups is 1. The van der Waals surface area contributed by atoms with Crippen molar-refractivity contribution in [1.29, 1.82) is 0 Å². The Morgan fingerprint density at radius 2 is 0.865 bits per heavy atom. The van der Waals surface area contributed by atoms with E-state index < -0.39 is 0 Å². The molecule has 0 aliphatic heterocycles. The molecule has 3 atom stereocenters. The van der Waals surface area contributed by atoms with Crippen molar-refractivity contribution >= 4 is 0 Å². The molecule has 37 heavy (non-hydrogen) atoms. The van der Waals surface area contributed by atoms with E-state index in [2.05, 4.69) is 120 Å². The Kier molecular flexibility index (Phi) is 8.54. The Morgan fingerprint density at radius 1 is 0.486 bits per heavy atom.